The summed E-state index contributed by atoms with van der Waals surface area (Å²) in [6, 6.07) is 0. The van der Waals surface area contributed by atoms with Gasteiger partial charge in [0.25, 0.3) is 0 Å². The van der Waals surface area contributed by atoms with Gasteiger partial charge in [0.2, 0.25) is 6.23 Å². The first-order valence-electron chi connectivity index (χ1n) is 4.58. The van der Waals surface area contributed by atoms with Gasteiger partial charge >= 0.3 is 6.18 Å². The molecule has 0 aromatic carbocycles. The van der Waals surface area contributed by atoms with E-state index in [2.05, 4.69) is 9.46 Å². The van der Waals surface area contributed by atoms with Crippen molar-refractivity contribution in [2.75, 3.05) is 12.4 Å². The van der Waals surface area contributed by atoms with Gasteiger partial charge < -0.3 is 4.74 Å². The number of ether oxygens (including phenoxy) is 1. The zero-order valence-corrected chi connectivity index (χ0v) is 9.17. The van der Waals surface area contributed by atoms with Gasteiger partial charge in [0, 0.05) is 12.4 Å². The summed E-state index contributed by atoms with van der Waals surface area (Å²) in [6.45, 7) is 3.58. The molecule has 0 fully saturated rings. The molecule has 0 aliphatic rings. The number of hydrogen-bond acceptors (Lipinski definition) is 3. The van der Waals surface area contributed by atoms with Crippen LogP contribution in [0.1, 0.15) is 26.7 Å². The number of alkyl halides is 3. The average Bonchev–Trinajstić information content (AvgIpc) is 2.08. The van der Waals surface area contributed by atoms with Crippen molar-refractivity contribution in [3.8, 4) is 0 Å². The Kier molecular flexibility index (Phi) is 7.40. The van der Waals surface area contributed by atoms with E-state index in [1.54, 1.807) is 0 Å². The standard InChI is InChI=1S/C8H16F3NOS/c1-3-5-6-14-12-7(13-4-2)8(9,10)11/h7,12H,3-6H2,1-2H3/t7-/m0/s1. The van der Waals surface area contributed by atoms with Crippen LogP contribution in [0.15, 0.2) is 0 Å². The lowest BCUT2D eigenvalue weighted by Gasteiger charge is -2.20. The van der Waals surface area contributed by atoms with Crippen molar-refractivity contribution in [2.24, 2.45) is 0 Å². The molecule has 0 unspecified atom stereocenters. The van der Waals surface area contributed by atoms with E-state index in [4.69, 9.17) is 0 Å². The van der Waals surface area contributed by atoms with Crippen molar-refractivity contribution in [3.63, 3.8) is 0 Å². The fraction of sp³-hybridized carbons (Fsp3) is 1.00. The molecule has 0 heterocycles. The highest BCUT2D eigenvalue weighted by molar-refractivity contribution is 7.97. The van der Waals surface area contributed by atoms with Crippen LogP contribution in [-0.4, -0.2) is 24.8 Å². The number of hydrogen-bond donors (Lipinski definition) is 1. The van der Waals surface area contributed by atoms with E-state index in [0.29, 0.717) is 5.75 Å². The van der Waals surface area contributed by atoms with E-state index in [0.717, 1.165) is 24.8 Å². The Hall–Kier alpha value is 0.0600. The molecular formula is C8H16F3NOS. The van der Waals surface area contributed by atoms with Crippen LogP contribution >= 0.6 is 11.9 Å². The molecular weight excluding hydrogens is 215 g/mol. The minimum absolute atomic E-state index is 0.0471. The molecule has 0 aliphatic carbocycles. The summed E-state index contributed by atoms with van der Waals surface area (Å²) in [5.41, 5.74) is 0. The fourth-order valence-corrected chi connectivity index (χ4v) is 1.62. The minimum atomic E-state index is -4.34. The molecule has 0 aromatic heterocycles. The molecule has 1 atom stereocenters. The SMILES string of the molecule is CCCCSN[C@@H](OCC)C(F)(F)F. The summed E-state index contributed by atoms with van der Waals surface area (Å²) in [7, 11) is 0. The van der Waals surface area contributed by atoms with E-state index in [9.17, 15) is 13.2 Å². The first-order chi connectivity index (χ1) is 6.52. The average molecular weight is 231 g/mol. The molecule has 0 aliphatic heterocycles. The van der Waals surface area contributed by atoms with Crippen LogP contribution in [0.2, 0.25) is 0 Å². The van der Waals surface area contributed by atoms with Crippen LogP contribution in [0.5, 0.6) is 0 Å². The summed E-state index contributed by atoms with van der Waals surface area (Å²) in [6.07, 6.45) is -4.32. The Morgan fingerprint density at radius 1 is 1.36 bits per heavy atom. The lowest BCUT2D eigenvalue weighted by molar-refractivity contribution is -0.221. The molecule has 0 saturated carbocycles. The molecule has 14 heavy (non-hydrogen) atoms. The molecule has 0 bridgehead atoms. The number of unbranched alkanes of at least 4 members (excludes halogenated alkanes) is 1. The molecule has 2 nitrogen and oxygen atoms in total. The Morgan fingerprint density at radius 2 is 2.00 bits per heavy atom. The summed E-state index contributed by atoms with van der Waals surface area (Å²) >= 11 is 1.06. The van der Waals surface area contributed by atoms with E-state index >= 15 is 0 Å². The largest absolute Gasteiger partial charge is 0.428 e. The van der Waals surface area contributed by atoms with Gasteiger partial charge in [-0.15, -0.1) is 0 Å². The lowest BCUT2D eigenvalue weighted by atomic mass is 10.4. The second-order valence-electron chi connectivity index (χ2n) is 2.70. The quantitative estimate of drug-likeness (QED) is 0.413. The van der Waals surface area contributed by atoms with Crippen LogP contribution in [0.4, 0.5) is 13.2 Å². The molecule has 0 amide bonds. The minimum Gasteiger partial charge on any atom is -0.354 e. The highest BCUT2D eigenvalue weighted by atomic mass is 32.2. The van der Waals surface area contributed by atoms with Crippen LogP contribution in [0.3, 0.4) is 0 Å². The third-order valence-electron chi connectivity index (χ3n) is 1.42. The maximum Gasteiger partial charge on any atom is 0.428 e. The van der Waals surface area contributed by atoms with Gasteiger partial charge in [-0.2, -0.15) is 13.2 Å². The topological polar surface area (TPSA) is 21.3 Å². The van der Waals surface area contributed by atoms with E-state index < -0.39 is 12.4 Å². The third kappa shape index (κ3) is 6.50. The highest BCUT2D eigenvalue weighted by Crippen LogP contribution is 2.22. The van der Waals surface area contributed by atoms with E-state index in [-0.39, 0.29) is 6.61 Å². The van der Waals surface area contributed by atoms with Crippen molar-refractivity contribution in [2.45, 2.75) is 39.1 Å². The zero-order chi connectivity index (χ0) is 11.0. The van der Waals surface area contributed by atoms with Gasteiger partial charge in [0.05, 0.1) is 0 Å². The summed E-state index contributed by atoms with van der Waals surface area (Å²) in [5, 5.41) is 0. The predicted octanol–water partition coefficient (Wildman–Crippen LogP) is 2.95. The van der Waals surface area contributed by atoms with Crippen molar-refractivity contribution in [3.05, 3.63) is 0 Å². The Morgan fingerprint density at radius 3 is 2.43 bits per heavy atom. The smallest absolute Gasteiger partial charge is 0.354 e. The first kappa shape index (κ1) is 14.1. The molecule has 1 N–H and O–H groups in total. The second-order valence-corrected chi connectivity index (χ2v) is 3.63. The monoisotopic (exact) mass is 231 g/mol. The van der Waals surface area contributed by atoms with Crippen LogP contribution < -0.4 is 4.72 Å². The first-order valence-corrected chi connectivity index (χ1v) is 5.56. The summed E-state index contributed by atoms with van der Waals surface area (Å²) in [5.74, 6) is 0.663. The fourth-order valence-electron chi connectivity index (χ4n) is 0.713. The Labute approximate surface area is 86.7 Å². The molecule has 6 heteroatoms. The third-order valence-corrected chi connectivity index (χ3v) is 2.29. The summed E-state index contributed by atoms with van der Waals surface area (Å²) in [4.78, 5) is 0. The normalized spacial score (nSPS) is 14.4. The number of nitrogens with one attached hydrogen (secondary N) is 1. The number of rotatable bonds is 7. The Balaban J connectivity index is 3.74. The highest BCUT2D eigenvalue weighted by Gasteiger charge is 2.40. The van der Waals surface area contributed by atoms with Gasteiger partial charge in [-0.1, -0.05) is 25.3 Å². The van der Waals surface area contributed by atoms with Crippen LogP contribution in [0, 0.1) is 0 Å². The molecule has 0 radical (unpaired) electrons. The zero-order valence-electron chi connectivity index (χ0n) is 8.36. The van der Waals surface area contributed by atoms with Crippen molar-refractivity contribution in [1.29, 1.82) is 0 Å². The molecule has 0 aromatic rings. The van der Waals surface area contributed by atoms with Crippen molar-refractivity contribution < 1.29 is 17.9 Å². The van der Waals surface area contributed by atoms with Gasteiger partial charge in [0.1, 0.15) is 0 Å². The Bertz CT molecular complexity index is 143. The second kappa shape index (κ2) is 7.36. The molecule has 0 spiro atoms. The lowest BCUT2D eigenvalue weighted by Crippen LogP contribution is -2.41. The molecule has 0 saturated heterocycles. The van der Waals surface area contributed by atoms with E-state index in [1.807, 2.05) is 6.92 Å². The summed E-state index contributed by atoms with van der Waals surface area (Å²) < 4.78 is 43.4. The van der Waals surface area contributed by atoms with Gasteiger partial charge in [0.15, 0.2) is 0 Å². The molecule has 0 rings (SSSR count). The van der Waals surface area contributed by atoms with Crippen molar-refractivity contribution >= 4 is 11.9 Å². The van der Waals surface area contributed by atoms with Gasteiger partial charge in [-0.05, 0) is 13.3 Å². The van der Waals surface area contributed by atoms with Gasteiger partial charge in [-0.25, -0.2) is 4.72 Å². The maximum atomic E-state index is 12.2. The maximum absolute atomic E-state index is 12.2. The van der Waals surface area contributed by atoms with E-state index in [1.165, 1.54) is 6.92 Å². The van der Waals surface area contributed by atoms with Crippen LogP contribution in [0.25, 0.3) is 0 Å². The number of halogens is 3. The van der Waals surface area contributed by atoms with Gasteiger partial charge in [-0.3, -0.25) is 0 Å². The molecule has 86 valence electrons. The predicted molar refractivity (Wildman–Crippen MR) is 52.0 cm³/mol. The van der Waals surface area contributed by atoms with Crippen LogP contribution in [-0.2, 0) is 4.74 Å². The van der Waals surface area contributed by atoms with Crippen molar-refractivity contribution in [1.82, 2.24) is 4.72 Å².